The smallest absolute Gasteiger partial charge is 0.318 e. The van der Waals surface area contributed by atoms with E-state index in [1.165, 1.54) is 0 Å². The fourth-order valence-corrected chi connectivity index (χ4v) is 5.85. The molecule has 170 valence electrons. The minimum Gasteiger partial charge on any atom is -0.318 e. The zero-order valence-corrected chi connectivity index (χ0v) is 19.1. The highest BCUT2D eigenvalue weighted by Gasteiger charge is 2.52. The Morgan fingerprint density at radius 2 is 1.94 bits per heavy atom. The first-order valence-corrected chi connectivity index (χ1v) is 11.9. The number of nitrogens with zero attached hydrogens (tertiary/aromatic N) is 3. The molecule has 2 saturated heterocycles. The molecule has 2 atom stereocenters. The maximum atomic E-state index is 13.2. The molecule has 0 spiro atoms. The van der Waals surface area contributed by atoms with Crippen LogP contribution in [-0.2, 0) is 15.1 Å². The number of para-hydroxylation sites is 1. The molecule has 0 radical (unpaired) electrons. The molecule has 4 amide bonds. The highest BCUT2D eigenvalue weighted by atomic mass is 32.1. The molecule has 2 N–H and O–H groups in total. The summed E-state index contributed by atoms with van der Waals surface area (Å²) in [7, 11) is 0. The monoisotopic (exact) mass is 463 g/mol. The molecule has 0 bridgehead atoms. The summed E-state index contributed by atoms with van der Waals surface area (Å²) in [6, 6.07) is 16.5. The Kier molecular flexibility index (Phi) is 5.59. The first-order valence-electron chi connectivity index (χ1n) is 11.1. The van der Waals surface area contributed by atoms with Crippen molar-refractivity contribution in [1.29, 1.82) is 0 Å². The summed E-state index contributed by atoms with van der Waals surface area (Å²) in [6.45, 7) is 2.68. The molecule has 1 aromatic heterocycles. The summed E-state index contributed by atoms with van der Waals surface area (Å²) in [5, 5.41) is 4.59. The van der Waals surface area contributed by atoms with Gasteiger partial charge in [-0.1, -0.05) is 49.4 Å². The molecular formula is C24H25N5O3S. The second-order valence-electron chi connectivity index (χ2n) is 8.38. The zero-order chi connectivity index (χ0) is 23.0. The number of carbonyl (C=O) groups is 3. The molecule has 0 unspecified atom stereocenters. The van der Waals surface area contributed by atoms with E-state index in [9.17, 15) is 14.4 Å². The van der Waals surface area contributed by atoms with Crippen molar-refractivity contribution in [1.82, 2.24) is 25.6 Å². The minimum atomic E-state index is -1.18. The lowest BCUT2D eigenvalue weighted by Gasteiger charge is -2.26. The number of hydrogen-bond donors (Lipinski definition) is 2. The second kappa shape index (κ2) is 8.57. The molecule has 5 rings (SSSR count). The Morgan fingerprint density at radius 3 is 2.70 bits per heavy atom. The lowest BCUT2D eigenvalue weighted by Crippen LogP contribution is -2.51. The van der Waals surface area contributed by atoms with Gasteiger partial charge in [0.15, 0.2) is 0 Å². The van der Waals surface area contributed by atoms with Crippen LogP contribution in [0.4, 0.5) is 4.79 Å². The predicted molar refractivity (Wildman–Crippen MR) is 125 cm³/mol. The normalized spacial score (nSPS) is 23.3. The van der Waals surface area contributed by atoms with E-state index in [1.807, 2.05) is 49.4 Å². The van der Waals surface area contributed by atoms with Crippen LogP contribution in [0.25, 0.3) is 10.2 Å². The highest BCUT2D eigenvalue weighted by molar-refractivity contribution is 7.18. The van der Waals surface area contributed by atoms with Gasteiger partial charge in [0, 0.05) is 0 Å². The second-order valence-corrected chi connectivity index (χ2v) is 9.44. The third-order valence-electron chi connectivity index (χ3n) is 6.43. The zero-order valence-electron chi connectivity index (χ0n) is 18.3. The van der Waals surface area contributed by atoms with Crippen LogP contribution in [0.3, 0.4) is 0 Å². The van der Waals surface area contributed by atoms with Crippen LogP contribution >= 0.6 is 11.3 Å². The average Bonchev–Trinajstić information content (AvgIpc) is 3.52. The number of carbonyl (C=O) groups excluding carboxylic acids is 3. The van der Waals surface area contributed by atoms with E-state index in [-0.39, 0.29) is 12.6 Å². The first-order chi connectivity index (χ1) is 16.0. The van der Waals surface area contributed by atoms with E-state index in [1.54, 1.807) is 23.5 Å². The van der Waals surface area contributed by atoms with Crippen molar-refractivity contribution < 1.29 is 14.4 Å². The van der Waals surface area contributed by atoms with Crippen molar-refractivity contribution in [3.63, 3.8) is 0 Å². The van der Waals surface area contributed by atoms with E-state index >= 15 is 0 Å². The number of aromatic nitrogens is 1. The van der Waals surface area contributed by atoms with Gasteiger partial charge in [0.2, 0.25) is 0 Å². The molecule has 2 aliphatic heterocycles. The maximum Gasteiger partial charge on any atom is 0.344 e. The lowest BCUT2D eigenvalue weighted by molar-refractivity contribution is -0.140. The van der Waals surface area contributed by atoms with Gasteiger partial charge in [0.1, 0.15) is 10.5 Å². The van der Waals surface area contributed by atoms with Crippen LogP contribution in [0.5, 0.6) is 0 Å². The van der Waals surface area contributed by atoms with Crippen LogP contribution in [-0.4, -0.2) is 45.8 Å². The number of rotatable bonds is 6. The fraction of sp³-hybridized carbons (Fsp3) is 0.333. The lowest BCUT2D eigenvalue weighted by atomic mass is 9.87. The van der Waals surface area contributed by atoms with Crippen molar-refractivity contribution in [2.24, 2.45) is 0 Å². The van der Waals surface area contributed by atoms with Crippen LogP contribution < -0.4 is 10.7 Å². The summed E-state index contributed by atoms with van der Waals surface area (Å²) < 4.78 is 1.12. The van der Waals surface area contributed by atoms with Gasteiger partial charge in [-0.2, -0.15) is 5.01 Å². The molecule has 0 aliphatic carbocycles. The number of imide groups is 1. The standard InChI is InChI=1S/C24H25N5O3S/c1-2-24(16-9-4-3-5-10-16)22(31)29(23(32)26-24)27-20(30)15-28-14-8-12-18(28)21-25-17-11-6-7-13-19(17)33-21/h3-7,9-11,13,18H,2,8,12,14-15H2,1H3,(H,26,32)(H,27,30)/t18-,24+/m1/s1. The van der Waals surface area contributed by atoms with Crippen LogP contribution in [0.2, 0.25) is 0 Å². The van der Waals surface area contributed by atoms with Gasteiger partial charge in [-0.25, -0.2) is 9.78 Å². The van der Waals surface area contributed by atoms with Gasteiger partial charge in [-0.3, -0.25) is 19.9 Å². The van der Waals surface area contributed by atoms with E-state index in [4.69, 9.17) is 4.98 Å². The van der Waals surface area contributed by atoms with Gasteiger partial charge in [-0.15, -0.1) is 11.3 Å². The number of hydrogen-bond acceptors (Lipinski definition) is 6. The average molecular weight is 464 g/mol. The Balaban J connectivity index is 1.29. The van der Waals surface area contributed by atoms with Crippen LogP contribution in [0, 0.1) is 0 Å². The van der Waals surface area contributed by atoms with Crippen molar-refractivity contribution in [3.05, 3.63) is 65.2 Å². The molecular weight excluding hydrogens is 438 g/mol. The number of benzene rings is 2. The maximum absolute atomic E-state index is 13.2. The van der Waals surface area contributed by atoms with Crippen molar-refractivity contribution in [3.8, 4) is 0 Å². The van der Waals surface area contributed by atoms with E-state index in [0.29, 0.717) is 12.0 Å². The van der Waals surface area contributed by atoms with Crippen molar-refractivity contribution >= 4 is 39.4 Å². The first kappa shape index (κ1) is 21.5. The summed E-state index contributed by atoms with van der Waals surface area (Å²) >= 11 is 1.65. The van der Waals surface area contributed by atoms with Crippen molar-refractivity contribution in [2.75, 3.05) is 13.1 Å². The number of fused-ring (bicyclic) bond motifs is 1. The van der Waals surface area contributed by atoms with E-state index in [0.717, 1.165) is 39.6 Å². The number of hydrazine groups is 1. The molecule has 2 aromatic carbocycles. The number of thiazole rings is 1. The SMILES string of the molecule is CC[C@@]1(c2ccccc2)NC(=O)N(NC(=O)CN2CCC[C@@H]2c2nc3ccccc3s2)C1=O. The van der Waals surface area contributed by atoms with Gasteiger partial charge < -0.3 is 5.32 Å². The Labute approximate surface area is 195 Å². The third kappa shape index (κ3) is 3.77. The third-order valence-corrected chi connectivity index (χ3v) is 7.57. The summed E-state index contributed by atoms with van der Waals surface area (Å²) in [4.78, 5) is 45.6. The van der Waals surface area contributed by atoms with E-state index in [2.05, 4.69) is 15.6 Å². The van der Waals surface area contributed by atoms with Gasteiger partial charge >= 0.3 is 6.03 Å². The van der Waals surface area contributed by atoms with Gasteiger partial charge in [0.05, 0.1) is 22.8 Å². The topological polar surface area (TPSA) is 94.6 Å². The number of amides is 4. The minimum absolute atomic E-state index is 0.0512. The van der Waals surface area contributed by atoms with Gasteiger partial charge in [0.25, 0.3) is 11.8 Å². The molecule has 0 saturated carbocycles. The quantitative estimate of drug-likeness (QED) is 0.547. The largest absolute Gasteiger partial charge is 0.344 e. The van der Waals surface area contributed by atoms with E-state index < -0.39 is 23.4 Å². The molecule has 3 heterocycles. The Morgan fingerprint density at radius 1 is 1.18 bits per heavy atom. The molecule has 3 aromatic rings. The van der Waals surface area contributed by atoms with Gasteiger partial charge in [-0.05, 0) is 43.5 Å². The Bertz CT molecular complexity index is 1180. The summed E-state index contributed by atoms with van der Waals surface area (Å²) in [5.41, 5.74) is 3.01. The van der Waals surface area contributed by atoms with Crippen LogP contribution in [0.1, 0.15) is 42.8 Å². The van der Waals surface area contributed by atoms with Crippen LogP contribution in [0.15, 0.2) is 54.6 Å². The molecule has 2 aliphatic rings. The molecule has 9 heteroatoms. The Hall–Kier alpha value is -3.30. The summed E-state index contributed by atoms with van der Waals surface area (Å²) in [6.07, 6.45) is 2.26. The van der Waals surface area contributed by atoms with Crippen molar-refractivity contribution in [2.45, 2.75) is 37.8 Å². The fourth-order valence-electron chi connectivity index (χ4n) is 4.71. The molecule has 33 heavy (non-hydrogen) atoms. The number of nitrogens with one attached hydrogen (secondary N) is 2. The molecule has 2 fully saturated rings. The number of likely N-dealkylation sites (tertiary alicyclic amines) is 1. The molecule has 8 nitrogen and oxygen atoms in total. The predicted octanol–water partition coefficient (Wildman–Crippen LogP) is 3.32. The number of urea groups is 1. The highest BCUT2D eigenvalue weighted by Crippen LogP contribution is 2.36. The summed E-state index contributed by atoms with van der Waals surface area (Å²) in [5.74, 6) is -0.870.